The lowest BCUT2D eigenvalue weighted by Crippen LogP contribution is -2.18. The van der Waals surface area contributed by atoms with Crippen LogP contribution >= 0.6 is 11.6 Å². The number of ether oxygens (including phenoxy) is 1. The smallest absolute Gasteiger partial charge is 0.138 e. The van der Waals surface area contributed by atoms with Gasteiger partial charge in [-0.1, -0.05) is 30.3 Å². The van der Waals surface area contributed by atoms with Gasteiger partial charge >= 0.3 is 0 Å². The maximum Gasteiger partial charge on any atom is 0.138 e. The summed E-state index contributed by atoms with van der Waals surface area (Å²) >= 11 is 6.20. The lowest BCUT2D eigenvalue weighted by atomic mass is 10.1. The Hall–Kier alpha value is -1.84. The molecule has 0 saturated heterocycles. The number of hydrogen-bond acceptors (Lipinski definition) is 3. The molecule has 0 unspecified atom stereocenters. The Labute approximate surface area is 130 Å². The molecule has 1 aromatic carbocycles. The molecule has 110 valence electrons. The van der Waals surface area contributed by atoms with Crippen LogP contribution in [-0.4, -0.2) is 11.6 Å². The van der Waals surface area contributed by atoms with Crippen LogP contribution in [-0.2, 0) is 6.54 Å². The highest BCUT2D eigenvalue weighted by Crippen LogP contribution is 2.25. The molecular weight excluding hydrogens is 284 g/mol. The minimum atomic E-state index is 0.253. The van der Waals surface area contributed by atoms with E-state index in [1.807, 2.05) is 30.3 Å². The lowest BCUT2D eigenvalue weighted by molar-refractivity contribution is 0.363. The molecule has 0 aliphatic heterocycles. The van der Waals surface area contributed by atoms with Crippen molar-refractivity contribution in [2.24, 2.45) is 0 Å². The van der Waals surface area contributed by atoms with Gasteiger partial charge in [-0.25, -0.2) is 0 Å². The van der Waals surface area contributed by atoms with Gasteiger partial charge in [0.25, 0.3) is 0 Å². The molecule has 2 rings (SSSR count). The van der Waals surface area contributed by atoms with Crippen molar-refractivity contribution in [3.63, 3.8) is 0 Å². The molecule has 21 heavy (non-hydrogen) atoms. The summed E-state index contributed by atoms with van der Waals surface area (Å²) in [5, 5.41) is 4.08. The Kier molecular flexibility index (Phi) is 5.78. The van der Waals surface area contributed by atoms with Gasteiger partial charge in [0.1, 0.15) is 12.4 Å². The first-order valence-corrected chi connectivity index (χ1v) is 7.24. The predicted octanol–water partition coefficient (Wildman–Crippen LogP) is 4.15. The second-order valence-electron chi connectivity index (χ2n) is 4.75. The number of rotatable bonds is 7. The van der Waals surface area contributed by atoms with E-state index in [4.69, 9.17) is 16.3 Å². The van der Waals surface area contributed by atoms with Crippen molar-refractivity contribution in [3.8, 4) is 5.75 Å². The molecule has 0 saturated carbocycles. The predicted molar refractivity (Wildman–Crippen MR) is 86.6 cm³/mol. The van der Waals surface area contributed by atoms with Crippen molar-refractivity contribution in [2.45, 2.75) is 19.5 Å². The van der Waals surface area contributed by atoms with Crippen LogP contribution in [0.2, 0.25) is 5.02 Å². The number of aromatic nitrogens is 1. The van der Waals surface area contributed by atoms with Crippen LogP contribution < -0.4 is 10.1 Å². The largest absolute Gasteiger partial charge is 0.488 e. The van der Waals surface area contributed by atoms with Crippen LogP contribution in [0.5, 0.6) is 5.75 Å². The number of pyridine rings is 1. The molecule has 0 spiro atoms. The summed E-state index contributed by atoms with van der Waals surface area (Å²) in [6, 6.07) is 10.1. The molecule has 3 nitrogen and oxygen atoms in total. The fraction of sp³-hybridized carbons (Fsp3) is 0.235. The van der Waals surface area contributed by atoms with Crippen LogP contribution in [0.3, 0.4) is 0 Å². The van der Waals surface area contributed by atoms with Gasteiger partial charge in [-0.05, 0) is 42.3 Å². The summed E-state index contributed by atoms with van der Waals surface area (Å²) in [4.78, 5) is 4.03. The van der Waals surface area contributed by atoms with E-state index < -0.39 is 0 Å². The van der Waals surface area contributed by atoms with Crippen LogP contribution in [0.25, 0.3) is 0 Å². The second-order valence-corrected chi connectivity index (χ2v) is 5.15. The third-order valence-corrected chi connectivity index (χ3v) is 3.47. The van der Waals surface area contributed by atoms with E-state index in [2.05, 4.69) is 23.8 Å². The molecule has 0 aliphatic rings. The summed E-state index contributed by atoms with van der Waals surface area (Å²) in [5.41, 5.74) is 2.33. The van der Waals surface area contributed by atoms with Crippen LogP contribution in [0, 0.1) is 0 Å². The highest BCUT2D eigenvalue weighted by atomic mass is 35.5. The Morgan fingerprint density at radius 1 is 1.33 bits per heavy atom. The zero-order valence-corrected chi connectivity index (χ0v) is 12.8. The zero-order valence-electron chi connectivity index (χ0n) is 12.1. The van der Waals surface area contributed by atoms with Crippen LogP contribution in [0.15, 0.2) is 55.4 Å². The summed E-state index contributed by atoms with van der Waals surface area (Å²) < 4.78 is 5.46. The maximum absolute atomic E-state index is 6.20. The van der Waals surface area contributed by atoms with Gasteiger partial charge < -0.3 is 10.1 Å². The minimum absolute atomic E-state index is 0.253. The van der Waals surface area contributed by atoms with Gasteiger partial charge in [0.2, 0.25) is 0 Å². The van der Waals surface area contributed by atoms with E-state index in [0.29, 0.717) is 17.4 Å². The Bertz CT molecular complexity index is 587. The number of hydrogen-bond donors (Lipinski definition) is 1. The molecule has 4 heteroatoms. The molecule has 0 radical (unpaired) electrons. The SMILES string of the molecule is C=CCOc1ccc(CN[C@@H](C)c2ccncc2)cc1Cl. The molecule has 1 aromatic heterocycles. The summed E-state index contributed by atoms with van der Waals surface area (Å²) in [5.74, 6) is 0.683. The fourth-order valence-electron chi connectivity index (χ4n) is 1.96. The molecule has 0 aliphatic carbocycles. The quantitative estimate of drug-likeness (QED) is 0.780. The summed E-state index contributed by atoms with van der Waals surface area (Å²) in [6.07, 6.45) is 5.30. The fourth-order valence-corrected chi connectivity index (χ4v) is 2.22. The first kappa shape index (κ1) is 15.5. The highest BCUT2D eigenvalue weighted by Gasteiger charge is 2.06. The van der Waals surface area contributed by atoms with E-state index >= 15 is 0 Å². The molecule has 0 amide bonds. The van der Waals surface area contributed by atoms with Crippen molar-refractivity contribution in [3.05, 3.63) is 71.5 Å². The van der Waals surface area contributed by atoms with Gasteiger partial charge in [0, 0.05) is 25.0 Å². The standard InChI is InChI=1S/C17H19ClN2O/c1-3-10-21-17-5-4-14(11-16(17)18)12-20-13(2)15-6-8-19-9-7-15/h3-9,11,13,20H,1,10,12H2,2H3/t13-/m0/s1. The van der Waals surface area contributed by atoms with Gasteiger partial charge in [0.05, 0.1) is 5.02 Å². The van der Waals surface area contributed by atoms with Gasteiger partial charge in [-0.3, -0.25) is 4.98 Å². The Balaban J connectivity index is 1.94. The molecule has 0 bridgehead atoms. The molecular formula is C17H19ClN2O. The average Bonchev–Trinajstić information content (AvgIpc) is 2.52. The van der Waals surface area contributed by atoms with Gasteiger partial charge in [-0.15, -0.1) is 0 Å². The first-order chi connectivity index (χ1) is 10.2. The highest BCUT2D eigenvalue weighted by molar-refractivity contribution is 6.32. The number of halogens is 1. The van der Waals surface area contributed by atoms with Crippen molar-refractivity contribution in [1.29, 1.82) is 0 Å². The molecule has 1 N–H and O–H groups in total. The van der Waals surface area contributed by atoms with E-state index in [-0.39, 0.29) is 6.04 Å². The van der Waals surface area contributed by atoms with Crippen LogP contribution in [0.4, 0.5) is 0 Å². The lowest BCUT2D eigenvalue weighted by Gasteiger charge is -2.14. The number of nitrogens with zero attached hydrogens (tertiary/aromatic N) is 1. The maximum atomic E-state index is 6.20. The minimum Gasteiger partial charge on any atom is -0.488 e. The third-order valence-electron chi connectivity index (χ3n) is 3.17. The van der Waals surface area contributed by atoms with Crippen molar-refractivity contribution in [2.75, 3.05) is 6.61 Å². The molecule has 1 atom stereocenters. The van der Waals surface area contributed by atoms with Gasteiger partial charge in [0.15, 0.2) is 0 Å². The molecule has 2 aromatic rings. The van der Waals surface area contributed by atoms with Crippen molar-refractivity contribution >= 4 is 11.6 Å². The van der Waals surface area contributed by atoms with E-state index in [9.17, 15) is 0 Å². The second kappa shape index (κ2) is 7.81. The summed E-state index contributed by atoms with van der Waals surface area (Å²) in [7, 11) is 0. The molecule has 0 fully saturated rings. The van der Waals surface area contributed by atoms with Crippen molar-refractivity contribution < 1.29 is 4.74 Å². The number of benzene rings is 1. The normalized spacial score (nSPS) is 11.9. The monoisotopic (exact) mass is 302 g/mol. The Morgan fingerprint density at radius 2 is 2.10 bits per heavy atom. The molecule has 1 heterocycles. The van der Waals surface area contributed by atoms with Gasteiger partial charge in [-0.2, -0.15) is 0 Å². The van der Waals surface area contributed by atoms with E-state index in [0.717, 1.165) is 12.1 Å². The first-order valence-electron chi connectivity index (χ1n) is 6.86. The Morgan fingerprint density at radius 3 is 2.76 bits per heavy atom. The zero-order chi connectivity index (χ0) is 15.1. The van der Waals surface area contributed by atoms with E-state index in [1.54, 1.807) is 18.5 Å². The van der Waals surface area contributed by atoms with E-state index in [1.165, 1.54) is 5.56 Å². The topological polar surface area (TPSA) is 34.1 Å². The average molecular weight is 303 g/mol. The number of nitrogens with one attached hydrogen (secondary N) is 1. The van der Waals surface area contributed by atoms with Crippen LogP contribution in [0.1, 0.15) is 24.1 Å². The summed E-state index contributed by atoms with van der Waals surface area (Å²) in [6.45, 7) is 6.94. The third kappa shape index (κ3) is 4.59. The van der Waals surface area contributed by atoms with Crippen molar-refractivity contribution in [1.82, 2.24) is 10.3 Å².